The van der Waals surface area contributed by atoms with Crippen LogP contribution in [0.1, 0.15) is 18.5 Å². The summed E-state index contributed by atoms with van der Waals surface area (Å²) in [6.45, 7) is 1.61. The maximum absolute atomic E-state index is 11.3. The standard InChI is InChI=1S/C11H13N5O/c1-6-10(17)12-11(15-13-6)16-14-9-5-7-3-2-4-8(7)9/h2-3,7-8H,4-5H2,1H3,(H2,12,15,16,17)/b14-9-/t7-,8+/m1/s1. The summed E-state index contributed by atoms with van der Waals surface area (Å²) in [7, 11) is 0. The van der Waals surface area contributed by atoms with Gasteiger partial charge in [-0.15, -0.1) is 10.2 Å². The van der Waals surface area contributed by atoms with E-state index >= 15 is 0 Å². The van der Waals surface area contributed by atoms with Crippen LogP contribution in [-0.2, 0) is 0 Å². The van der Waals surface area contributed by atoms with Crippen molar-refractivity contribution in [3.05, 3.63) is 28.2 Å². The van der Waals surface area contributed by atoms with E-state index in [1.807, 2.05) is 0 Å². The zero-order chi connectivity index (χ0) is 11.8. The van der Waals surface area contributed by atoms with Gasteiger partial charge in [-0.25, -0.2) is 5.43 Å². The van der Waals surface area contributed by atoms with Gasteiger partial charge in [0.25, 0.3) is 5.56 Å². The number of nitrogens with one attached hydrogen (secondary N) is 2. The number of hydrazone groups is 1. The van der Waals surface area contributed by atoms with Crippen LogP contribution in [0.3, 0.4) is 0 Å². The molecule has 1 fully saturated rings. The molecule has 1 aromatic rings. The average Bonchev–Trinajstić information content (AvgIpc) is 2.66. The van der Waals surface area contributed by atoms with Crippen LogP contribution in [-0.4, -0.2) is 20.9 Å². The van der Waals surface area contributed by atoms with Gasteiger partial charge >= 0.3 is 0 Å². The second-order valence-electron chi connectivity index (χ2n) is 4.44. The summed E-state index contributed by atoms with van der Waals surface area (Å²) in [5.74, 6) is 1.51. The molecule has 0 saturated heterocycles. The highest BCUT2D eigenvalue weighted by atomic mass is 16.1. The highest BCUT2D eigenvalue weighted by Gasteiger charge is 2.37. The van der Waals surface area contributed by atoms with Crippen molar-refractivity contribution in [3.63, 3.8) is 0 Å². The predicted molar refractivity (Wildman–Crippen MR) is 63.8 cm³/mol. The molecule has 6 nitrogen and oxygen atoms in total. The molecular formula is C11H13N5O. The summed E-state index contributed by atoms with van der Waals surface area (Å²) in [5, 5.41) is 11.8. The lowest BCUT2D eigenvalue weighted by molar-refractivity contribution is 0.466. The van der Waals surface area contributed by atoms with Crippen molar-refractivity contribution in [2.75, 3.05) is 5.43 Å². The Hall–Kier alpha value is -1.98. The smallest absolute Gasteiger partial charge is 0.274 e. The molecule has 2 atom stereocenters. The average molecular weight is 231 g/mol. The Morgan fingerprint density at radius 3 is 3.18 bits per heavy atom. The summed E-state index contributed by atoms with van der Waals surface area (Å²) in [6.07, 6.45) is 6.52. The second-order valence-corrected chi connectivity index (χ2v) is 4.44. The van der Waals surface area contributed by atoms with Crippen molar-refractivity contribution in [2.24, 2.45) is 16.9 Å². The molecule has 0 unspecified atom stereocenters. The van der Waals surface area contributed by atoms with E-state index in [0.29, 0.717) is 23.5 Å². The number of allylic oxidation sites excluding steroid dienone is 2. The van der Waals surface area contributed by atoms with E-state index in [0.717, 1.165) is 18.6 Å². The lowest BCUT2D eigenvalue weighted by Gasteiger charge is -2.31. The number of rotatable bonds is 2. The van der Waals surface area contributed by atoms with Gasteiger partial charge in [-0.1, -0.05) is 12.2 Å². The van der Waals surface area contributed by atoms with Gasteiger partial charge in [-0.3, -0.25) is 9.78 Å². The Morgan fingerprint density at radius 1 is 1.53 bits per heavy atom. The van der Waals surface area contributed by atoms with Gasteiger partial charge in [0, 0.05) is 11.6 Å². The van der Waals surface area contributed by atoms with Gasteiger partial charge in [0.2, 0.25) is 5.95 Å². The maximum atomic E-state index is 11.3. The van der Waals surface area contributed by atoms with Crippen molar-refractivity contribution in [1.29, 1.82) is 0 Å². The molecular weight excluding hydrogens is 218 g/mol. The van der Waals surface area contributed by atoms with E-state index in [2.05, 4.69) is 37.9 Å². The Balaban J connectivity index is 1.70. The molecule has 2 N–H and O–H groups in total. The second kappa shape index (κ2) is 3.80. The minimum Gasteiger partial charge on any atom is -0.288 e. The minimum absolute atomic E-state index is 0.239. The van der Waals surface area contributed by atoms with E-state index in [1.54, 1.807) is 6.92 Å². The topological polar surface area (TPSA) is 83.0 Å². The van der Waals surface area contributed by atoms with Crippen LogP contribution in [0.2, 0.25) is 0 Å². The van der Waals surface area contributed by atoms with Gasteiger partial charge in [-0.2, -0.15) is 5.10 Å². The highest BCUT2D eigenvalue weighted by molar-refractivity contribution is 5.94. The Bertz CT molecular complexity index is 559. The molecule has 0 spiro atoms. The van der Waals surface area contributed by atoms with Crippen LogP contribution in [0.4, 0.5) is 5.95 Å². The number of nitrogens with zero attached hydrogens (tertiary/aromatic N) is 3. The lowest BCUT2D eigenvalue weighted by atomic mass is 9.74. The number of hydrogen-bond acceptors (Lipinski definition) is 5. The molecule has 88 valence electrons. The lowest BCUT2D eigenvalue weighted by Crippen LogP contribution is -2.33. The zero-order valence-corrected chi connectivity index (χ0v) is 9.47. The summed E-state index contributed by atoms with van der Waals surface area (Å²) in [4.78, 5) is 13.9. The summed E-state index contributed by atoms with van der Waals surface area (Å²) < 4.78 is 0. The molecule has 0 bridgehead atoms. The van der Waals surface area contributed by atoms with Gasteiger partial charge in [0.05, 0.1) is 0 Å². The number of hydrogen-bond donors (Lipinski definition) is 2. The molecule has 1 heterocycles. The van der Waals surface area contributed by atoms with Crippen molar-refractivity contribution in [1.82, 2.24) is 15.2 Å². The van der Waals surface area contributed by atoms with Crippen molar-refractivity contribution < 1.29 is 0 Å². The SMILES string of the molecule is Cc1nnc(N/N=C2/C[C@H]3C=CC[C@H]23)[nH]c1=O. The fraction of sp³-hybridized carbons (Fsp3) is 0.455. The number of aryl methyl sites for hydroxylation is 1. The van der Waals surface area contributed by atoms with Crippen molar-refractivity contribution in [3.8, 4) is 0 Å². The summed E-state index contributed by atoms with van der Waals surface area (Å²) in [6, 6.07) is 0. The molecule has 0 aliphatic heterocycles. The first-order chi connectivity index (χ1) is 8.24. The summed E-state index contributed by atoms with van der Waals surface area (Å²) in [5.41, 5.74) is 4.01. The number of aromatic nitrogens is 3. The van der Waals surface area contributed by atoms with E-state index < -0.39 is 0 Å². The first-order valence-electron chi connectivity index (χ1n) is 5.67. The quantitative estimate of drug-likeness (QED) is 0.583. The van der Waals surface area contributed by atoms with E-state index in [4.69, 9.17) is 0 Å². The van der Waals surface area contributed by atoms with Crippen LogP contribution >= 0.6 is 0 Å². The fourth-order valence-corrected chi connectivity index (χ4v) is 2.23. The van der Waals surface area contributed by atoms with E-state index in [9.17, 15) is 4.79 Å². The summed E-state index contributed by atoms with van der Waals surface area (Å²) >= 11 is 0. The van der Waals surface area contributed by atoms with Crippen molar-refractivity contribution in [2.45, 2.75) is 19.8 Å². The van der Waals surface area contributed by atoms with Crippen LogP contribution in [0.15, 0.2) is 22.0 Å². The number of aromatic amines is 1. The van der Waals surface area contributed by atoms with Gasteiger partial charge in [-0.05, 0) is 25.7 Å². The minimum atomic E-state index is -0.239. The number of H-pyrrole nitrogens is 1. The first kappa shape index (κ1) is 10.2. The van der Waals surface area contributed by atoms with Gasteiger partial charge in [0.1, 0.15) is 5.69 Å². The maximum Gasteiger partial charge on any atom is 0.274 e. The third-order valence-corrected chi connectivity index (χ3v) is 3.33. The molecule has 1 aromatic heterocycles. The van der Waals surface area contributed by atoms with Crippen molar-refractivity contribution >= 4 is 11.7 Å². The molecule has 3 rings (SSSR count). The van der Waals surface area contributed by atoms with E-state index in [1.165, 1.54) is 0 Å². The van der Waals surface area contributed by atoms with Crippen LogP contribution in [0.5, 0.6) is 0 Å². The molecule has 17 heavy (non-hydrogen) atoms. The fourth-order valence-electron chi connectivity index (χ4n) is 2.23. The van der Waals surface area contributed by atoms with Gasteiger partial charge in [0.15, 0.2) is 0 Å². The van der Waals surface area contributed by atoms with Crippen LogP contribution < -0.4 is 11.0 Å². The third kappa shape index (κ3) is 1.75. The van der Waals surface area contributed by atoms with Crippen LogP contribution in [0, 0.1) is 18.8 Å². The molecule has 2 aliphatic carbocycles. The molecule has 0 radical (unpaired) electrons. The molecule has 1 saturated carbocycles. The molecule has 6 heteroatoms. The molecule has 2 aliphatic rings. The predicted octanol–water partition coefficient (Wildman–Crippen LogP) is 0.837. The zero-order valence-electron chi connectivity index (χ0n) is 9.47. The third-order valence-electron chi connectivity index (χ3n) is 3.33. The Kier molecular flexibility index (Phi) is 2.28. The largest absolute Gasteiger partial charge is 0.288 e. The number of fused-ring (bicyclic) bond motifs is 1. The molecule has 0 aromatic carbocycles. The number of anilines is 1. The molecule has 0 amide bonds. The van der Waals surface area contributed by atoms with E-state index in [-0.39, 0.29) is 5.56 Å². The Morgan fingerprint density at radius 2 is 2.41 bits per heavy atom. The first-order valence-corrected chi connectivity index (χ1v) is 5.67. The highest BCUT2D eigenvalue weighted by Crippen LogP contribution is 2.40. The van der Waals surface area contributed by atoms with Gasteiger partial charge < -0.3 is 0 Å². The monoisotopic (exact) mass is 231 g/mol. The van der Waals surface area contributed by atoms with Crippen LogP contribution in [0.25, 0.3) is 0 Å². The normalized spacial score (nSPS) is 27.9. The Labute approximate surface area is 97.9 Å².